The summed E-state index contributed by atoms with van der Waals surface area (Å²) in [5.41, 5.74) is -2.10. The number of halogens is 6. The van der Waals surface area contributed by atoms with Crippen LogP contribution in [0.25, 0.3) is 0 Å². The molecule has 1 aliphatic rings. The van der Waals surface area contributed by atoms with Crippen molar-refractivity contribution in [3.05, 3.63) is 58.7 Å². The molecule has 0 saturated carbocycles. The molecule has 3 rings (SSSR count). The molecule has 14 heteroatoms. The summed E-state index contributed by atoms with van der Waals surface area (Å²) >= 11 is 0. The Kier molecular flexibility index (Phi) is 7.51. The van der Waals surface area contributed by atoms with Crippen LogP contribution < -0.4 is 5.32 Å². The first-order chi connectivity index (χ1) is 15.9. The van der Waals surface area contributed by atoms with Gasteiger partial charge in [-0.2, -0.15) is 4.31 Å². The second-order valence-electron chi connectivity index (χ2n) is 7.18. The number of nitrogens with one attached hydrogen (secondary N) is 1. The van der Waals surface area contributed by atoms with Crippen LogP contribution in [0.2, 0.25) is 0 Å². The molecule has 0 radical (unpaired) electrons. The molecule has 34 heavy (non-hydrogen) atoms. The number of hydrogen-bond acceptors (Lipinski definition) is 5. The molecule has 2 aromatic carbocycles. The monoisotopic (exact) mass is 510 g/mol. The smallest absolute Gasteiger partial charge is 0.338 e. The van der Waals surface area contributed by atoms with E-state index in [9.17, 15) is 44.3 Å². The molecule has 0 bridgehead atoms. The number of benzene rings is 2. The predicted molar refractivity (Wildman–Crippen MR) is 104 cm³/mol. The first-order valence-electron chi connectivity index (χ1n) is 9.73. The molecule has 0 spiro atoms. The molecule has 1 saturated heterocycles. The van der Waals surface area contributed by atoms with Crippen LogP contribution in [0, 0.1) is 34.9 Å². The largest absolute Gasteiger partial charge is 0.452 e. The van der Waals surface area contributed by atoms with Crippen LogP contribution in [0.3, 0.4) is 0 Å². The Bertz CT molecular complexity index is 1220. The lowest BCUT2D eigenvalue weighted by molar-refractivity contribution is -0.119. The summed E-state index contributed by atoms with van der Waals surface area (Å²) in [5.74, 6) is -15.5. The van der Waals surface area contributed by atoms with Crippen molar-refractivity contribution < 1.29 is 49.1 Å². The van der Waals surface area contributed by atoms with Crippen LogP contribution >= 0.6 is 0 Å². The van der Waals surface area contributed by atoms with Gasteiger partial charge in [0, 0.05) is 13.1 Å². The van der Waals surface area contributed by atoms with Crippen molar-refractivity contribution in [1.29, 1.82) is 0 Å². The summed E-state index contributed by atoms with van der Waals surface area (Å²) in [7, 11) is -4.26. The van der Waals surface area contributed by atoms with E-state index in [0.29, 0.717) is 25.0 Å². The summed E-state index contributed by atoms with van der Waals surface area (Å²) < 4.78 is 112. The topological polar surface area (TPSA) is 92.8 Å². The van der Waals surface area contributed by atoms with Gasteiger partial charge in [-0.1, -0.05) is 6.42 Å². The molecular formula is C20H16F6N2O5S. The lowest BCUT2D eigenvalue weighted by atomic mass is 10.2. The molecule has 1 amide bonds. The summed E-state index contributed by atoms with van der Waals surface area (Å²) in [6.07, 6.45) is 1.98. The van der Waals surface area contributed by atoms with E-state index in [2.05, 4.69) is 4.74 Å². The molecule has 1 aliphatic heterocycles. The third-order valence-corrected chi connectivity index (χ3v) is 6.82. The maximum absolute atomic E-state index is 14.2. The Morgan fingerprint density at radius 3 is 2.03 bits per heavy atom. The van der Waals surface area contributed by atoms with Gasteiger partial charge in [-0.15, -0.1) is 0 Å². The molecule has 0 unspecified atom stereocenters. The highest BCUT2D eigenvalue weighted by molar-refractivity contribution is 7.89. The van der Waals surface area contributed by atoms with Crippen LogP contribution in [-0.4, -0.2) is 44.3 Å². The first-order valence-corrected chi connectivity index (χ1v) is 11.2. The number of esters is 1. The van der Waals surface area contributed by atoms with Crippen molar-refractivity contribution in [2.45, 2.75) is 24.2 Å². The van der Waals surface area contributed by atoms with Gasteiger partial charge >= 0.3 is 5.97 Å². The zero-order chi connectivity index (χ0) is 25.2. The molecule has 1 heterocycles. The third-order valence-electron chi connectivity index (χ3n) is 4.91. The van der Waals surface area contributed by atoms with E-state index < -0.39 is 79.6 Å². The number of anilines is 1. The normalized spacial score (nSPS) is 14.6. The zero-order valence-electron chi connectivity index (χ0n) is 17.1. The van der Waals surface area contributed by atoms with Crippen LogP contribution in [0.15, 0.2) is 23.1 Å². The van der Waals surface area contributed by atoms with Crippen molar-refractivity contribution in [3.63, 3.8) is 0 Å². The van der Waals surface area contributed by atoms with Gasteiger partial charge in [0.05, 0.1) is 5.56 Å². The Morgan fingerprint density at radius 2 is 1.44 bits per heavy atom. The van der Waals surface area contributed by atoms with Crippen molar-refractivity contribution in [3.8, 4) is 0 Å². The lowest BCUT2D eigenvalue weighted by Crippen LogP contribution is -2.36. The zero-order valence-corrected chi connectivity index (χ0v) is 18.0. The predicted octanol–water partition coefficient (Wildman–Crippen LogP) is 3.49. The Balaban J connectivity index is 1.72. The maximum Gasteiger partial charge on any atom is 0.338 e. The highest BCUT2D eigenvalue weighted by Gasteiger charge is 2.30. The second-order valence-corrected chi connectivity index (χ2v) is 9.09. The molecular weight excluding hydrogens is 494 g/mol. The second kappa shape index (κ2) is 10.0. The fourth-order valence-corrected chi connectivity index (χ4v) is 4.78. The third kappa shape index (κ3) is 5.01. The summed E-state index contributed by atoms with van der Waals surface area (Å²) in [4.78, 5) is 23.2. The highest BCUT2D eigenvalue weighted by atomic mass is 32.2. The minimum absolute atomic E-state index is 0.175. The average Bonchev–Trinajstić information content (AvgIpc) is 2.83. The van der Waals surface area contributed by atoms with Gasteiger partial charge in [-0.05, 0) is 31.0 Å². The highest BCUT2D eigenvalue weighted by Crippen LogP contribution is 2.27. The minimum Gasteiger partial charge on any atom is -0.452 e. The fourth-order valence-electron chi connectivity index (χ4n) is 3.18. The molecule has 0 atom stereocenters. The Morgan fingerprint density at radius 1 is 0.882 bits per heavy atom. The van der Waals surface area contributed by atoms with Gasteiger partial charge in [0.2, 0.25) is 15.8 Å². The molecule has 1 N–H and O–H groups in total. The number of sulfonamides is 1. The number of piperidine rings is 1. The fraction of sp³-hybridized carbons (Fsp3) is 0.300. The van der Waals surface area contributed by atoms with Crippen LogP contribution in [-0.2, 0) is 19.6 Å². The number of carbonyl (C=O) groups excluding carboxylic acids is 2. The molecule has 7 nitrogen and oxygen atoms in total. The summed E-state index contributed by atoms with van der Waals surface area (Å²) in [6, 6.07) is 2.31. The average molecular weight is 510 g/mol. The van der Waals surface area contributed by atoms with Gasteiger partial charge < -0.3 is 10.1 Å². The van der Waals surface area contributed by atoms with E-state index in [1.54, 1.807) is 0 Å². The number of hydrogen-bond donors (Lipinski definition) is 1. The molecule has 0 aromatic heterocycles. The molecule has 1 fully saturated rings. The summed E-state index contributed by atoms with van der Waals surface area (Å²) in [5, 5.41) is 1.41. The van der Waals surface area contributed by atoms with Crippen molar-refractivity contribution >= 4 is 27.6 Å². The van der Waals surface area contributed by atoms with E-state index in [-0.39, 0.29) is 13.1 Å². The Labute approximate surface area is 189 Å². The SMILES string of the molecule is O=C(COC(=O)c1ccc(F)c(S(=O)(=O)N2CCCCC2)c1)Nc1c(F)c(F)c(F)c(F)c1F. The van der Waals surface area contributed by atoms with Crippen LogP contribution in [0.1, 0.15) is 29.6 Å². The minimum atomic E-state index is -4.26. The van der Waals surface area contributed by atoms with Crippen molar-refractivity contribution in [1.82, 2.24) is 4.31 Å². The van der Waals surface area contributed by atoms with Crippen LogP contribution in [0.4, 0.5) is 32.0 Å². The molecule has 0 aliphatic carbocycles. The van der Waals surface area contributed by atoms with Crippen LogP contribution in [0.5, 0.6) is 0 Å². The lowest BCUT2D eigenvalue weighted by Gasteiger charge is -2.26. The number of carbonyl (C=O) groups is 2. The van der Waals surface area contributed by atoms with Gasteiger partial charge in [-0.3, -0.25) is 4.79 Å². The molecule has 2 aromatic rings. The standard InChI is InChI=1S/C20H16F6N2O5S/c21-11-5-4-10(8-12(11)34(31,32)28-6-2-1-3-7-28)20(30)33-9-13(29)27-19-17(25)15(23)14(22)16(24)18(19)26/h4-5,8H,1-3,6-7,9H2,(H,27,29). The van der Waals surface area contributed by atoms with E-state index in [1.807, 2.05) is 0 Å². The first kappa shape index (κ1) is 25.5. The van der Waals surface area contributed by atoms with E-state index >= 15 is 0 Å². The number of rotatable bonds is 6. The molecule has 184 valence electrons. The van der Waals surface area contributed by atoms with E-state index in [0.717, 1.165) is 16.8 Å². The Hall–Kier alpha value is -3.13. The number of nitrogens with zero attached hydrogens (tertiary/aromatic N) is 1. The quantitative estimate of drug-likeness (QED) is 0.278. The number of amides is 1. The van der Waals surface area contributed by atoms with Gasteiger partial charge in [0.15, 0.2) is 29.9 Å². The van der Waals surface area contributed by atoms with Gasteiger partial charge in [-0.25, -0.2) is 39.6 Å². The van der Waals surface area contributed by atoms with Crippen molar-refractivity contribution in [2.24, 2.45) is 0 Å². The maximum atomic E-state index is 14.2. The van der Waals surface area contributed by atoms with Gasteiger partial charge in [0.25, 0.3) is 5.91 Å². The van der Waals surface area contributed by atoms with E-state index in [1.165, 1.54) is 5.32 Å². The van der Waals surface area contributed by atoms with Gasteiger partial charge in [0.1, 0.15) is 16.4 Å². The summed E-state index contributed by atoms with van der Waals surface area (Å²) in [6.45, 7) is -0.882. The van der Waals surface area contributed by atoms with E-state index in [4.69, 9.17) is 0 Å². The van der Waals surface area contributed by atoms with Crippen molar-refractivity contribution in [2.75, 3.05) is 25.0 Å². The number of ether oxygens (including phenoxy) is 1.